The van der Waals surface area contributed by atoms with Crippen LogP contribution in [-0.4, -0.2) is 19.1 Å². The number of carbonyl (C=O) groups is 1. The smallest absolute Gasteiger partial charge is 0.252 e. The molecule has 0 aliphatic heterocycles. The van der Waals surface area contributed by atoms with E-state index in [1.165, 1.54) is 5.56 Å². The van der Waals surface area contributed by atoms with Crippen molar-refractivity contribution >= 4 is 17.5 Å². The van der Waals surface area contributed by atoms with Gasteiger partial charge in [-0.1, -0.05) is 42.8 Å². The average molecular weight is 304 g/mol. The summed E-state index contributed by atoms with van der Waals surface area (Å²) in [5.74, 6) is 0.615. The molecule has 4 heteroatoms. The zero-order valence-corrected chi connectivity index (χ0v) is 12.7. The van der Waals surface area contributed by atoms with E-state index in [2.05, 4.69) is 12.2 Å². The molecule has 0 unspecified atom stereocenters. The van der Waals surface area contributed by atoms with Crippen LogP contribution in [0.5, 0.6) is 5.75 Å². The first kappa shape index (κ1) is 15.4. The van der Waals surface area contributed by atoms with Crippen molar-refractivity contribution in [3.63, 3.8) is 0 Å². The van der Waals surface area contributed by atoms with Crippen LogP contribution < -0.4 is 10.1 Å². The lowest BCUT2D eigenvalue weighted by atomic mass is 10.2. The van der Waals surface area contributed by atoms with Gasteiger partial charge in [0.15, 0.2) is 0 Å². The lowest BCUT2D eigenvalue weighted by Crippen LogP contribution is -2.28. The predicted octanol–water partition coefficient (Wildman–Crippen LogP) is 3.71. The third-order valence-corrected chi connectivity index (χ3v) is 3.44. The fourth-order valence-electron chi connectivity index (χ4n) is 1.90. The number of ether oxygens (including phenoxy) is 1. The van der Waals surface area contributed by atoms with E-state index in [4.69, 9.17) is 16.3 Å². The minimum atomic E-state index is -0.189. The molecule has 3 nitrogen and oxygen atoms in total. The molecule has 0 spiro atoms. The highest BCUT2D eigenvalue weighted by Gasteiger charge is 2.08. The fraction of sp³-hybridized carbons (Fsp3) is 0.235. The van der Waals surface area contributed by atoms with Crippen LogP contribution in [0.15, 0.2) is 48.5 Å². The molecule has 1 N–H and O–H groups in total. The van der Waals surface area contributed by atoms with Gasteiger partial charge in [-0.25, -0.2) is 0 Å². The van der Waals surface area contributed by atoms with Crippen molar-refractivity contribution in [3.05, 3.63) is 64.7 Å². The molecule has 21 heavy (non-hydrogen) atoms. The third kappa shape index (κ3) is 4.50. The Morgan fingerprint density at radius 2 is 1.86 bits per heavy atom. The fourth-order valence-corrected chi connectivity index (χ4v) is 2.12. The first-order chi connectivity index (χ1) is 10.2. The number of amides is 1. The van der Waals surface area contributed by atoms with Crippen LogP contribution in [-0.2, 0) is 6.42 Å². The lowest BCUT2D eigenvalue weighted by molar-refractivity contribution is 0.0947. The summed E-state index contributed by atoms with van der Waals surface area (Å²) in [6.45, 7) is 2.96. The second-order valence-electron chi connectivity index (χ2n) is 4.58. The van der Waals surface area contributed by atoms with Crippen LogP contribution in [0.3, 0.4) is 0 Å². The van der Waals surface area contributed by atoms with Gasteiger partial charge in [-0.2, -0.15) is 0 Å². The van der Waals surface area contributed by atoms with E-state index in [9.17, 15) is 4.79 Å². The molecule has 0 radical (unpaired) electrons. The van der Waals surface area contributed by atoms with Crippen molar-refractivity contribution in [1.29, 1.82) is 0 Å². The molecule has 110 valence electrons. The van der Waals surface area contributed by atoms with Crippen LogP contribution in [0.1, 0.15) is 22.8 Å². The van der Waals surface area contributed by atoms with Crippen molar-refractivity contribution < 1.29 is 9.53 Å². The molecule has 0 saturated carbocycles. The molecule has 2 aromatic rings. The van der Waals surface area contributed by atoms with E-state index < -0.39 is 0 Å². The van der Waals surface area contributed by atoms with Crippen molar-refractivity contribution in [3.8, 4) is 5.75 Å². The summed E-state index contributed by atoms with van der Waals surface area (Å²) in [5, 5.41) is 3.23. The molecule has 0 atom stereocenters. The Bertz CT molecular complexity index is 596. The molecule has 0 aliphatic carbocycles. The molecule has 0 fully saturated rings. The minimum Gasteiger partial charge on any atom is -0.492 e. The first-order valence-corrected chi connectivity index (χ1v) is 7.33. The maximum absolute atomic E-state index is 11.9. The van der Waals surface area contributed by atoms with E-state index in [1.807, 2.05) is 24.3 Å². The lowest BCUT2D eigenvalue weighted by Gasteiger charge is -2.09. The quantitative estimate of drug-likeness (QED) is 0.826. The van der Waals surface area contributed by atoms with Gasteiger partial charge in [0.1, 0.15) is 12.4 Å². The van der Waals surface area contributed by atoms with Crippen molar-refractivity contribution in [1.82, 2.24) is 5.32 Å². The predicted molar refractivity (Wildman–Crippen MR) is 85.1 cm³/mol. The van der Waals surface area contributed by atoms with Crippen LogP contribution in [0.2, 0.25) is 5.02 Å². The molecule has 0 bridgehead atoms. The van der Waals surface area contributed by atoms with Crippen molar-refractivity contribution in [2.45, 2.75) is 13.3 Å². The van der Waals surface area contributed by atoms with Gasteiger partial charge in [-0.3, -0.25) is 4.79 Å². The van der Waals surface area contributed by atoms with E-state index >= 15 is 0 Å². The summed E-state index contributed by atoms with van der Waals surface area (Å²) >= 11 is 5.96. The standard InChI is InChI=1S/C17H18ClNO2/c1-2-13-7-9-14(10-8-13)21-12-11-19-17(20)15-5-3-4-6-16(15)18/h3-10H,2,11-12H2,1H3,(H,19,20). The summed E-state index contributed by atoms with van der Waals surface area (Å²) in [6.07, 6.45) is 1.01. The normalized spacial score (nSPS) is 10.2. The Kier molecular flexibility index (Phi) is 5.64. The van der Waals surface area contributed by atoms with Gasteiger partial charge < -0.3 is 10.1 Å². The Balaban J connectivity index is 1.76. The van der Waals surface area contributed by atoms with Gasteiger partial charge in [-0.15, -0.1) is 0 Å². The Hall–Kier alpha value is -2.00. The highest BCUT2D eigenvalue weighted by atomic mass is 35.5. The first-order valence-electron chi connectivity index (χ1n) is 6.95. The van der Waals surface area contributed by atoms with E-state index in [1.54, 1.807) is 24.3 Å². The van der Waals surface area contributed by atoms with Gasteiger partial charge in [0, 0.05) is 0 Å². The van der Waals surface area contributed by atoms with E-state index in [-0.39, 0.29) is 5.91 Å². The topological polar surface area (TPSA) is 38.3 Å². The molecular formula is C17H18ClNO2. The SMILES string of the molecule is CCc1ccc(OCCNC(=O)c2ccccc2Cl)cc1. The van der Waals surface area contributed by atoms with E-state index in [0.29, 0.717) is 23.7 Å². The van der Waals surface area contributed by atoms with Crippen LogP contribution in [0.4, 0.5) is 0 Å². The van der Waals surface area contributed by atoms with Crippen LogP contribution in [0.25, 0.3) is 0 Å². The maximum Gasteiger partial charge on any atom is 0.252 e. The van der Waals surface area contributed by atoms with E-state index in [0.717, 1.165) is 12.2 Å². The molecular weight excluding hydrogens is 286 g/mol. The molecule has 1 amide bonds. The van der Waals surface area contributed by atoms with Crippen LogP contribution >= 0.6 is 11.6 Å². The minimum absolute atomic E-state index is 0.189. The molecule has 2 aromatic carbocycles. The number of benzene rings is 2. The largest absolute Gasteiger partial charge is 0.492 e. The maximum atomic E-state index is 11.9. The highest BCUT2D eigenvalue weighted by molar-refractivity contribution is 6.33. The molecule has 2 rings (SSSR count). The van der Waals surface area contributed by atoms with Gasteiger partial charge >= 0.3 is 0 Å². The monoisotopic (exact) mass is 303 g/mol. The summed E-state index contributed by atoms with van der Waals surface area (Å²) in [4.78, 5) is 11.9. The number of hydrogen-bond acceptors (Lipinski definition) is 2. The summed E-state index contributed by atoms with van der Waals surface area (Å²) in [5.41, 5.74) is 1.75. The zero-order chi connectivity index (χ0) is 15.1. The van der Waals surface area contributed by atoms with Gasteiger partial charge in [0.25, 0.3) is 5.91 Å². The molecule has 0 heterocycles. The number of rotatable bonds is 6. The van der Waals surface area contributed by atoms with Crippen LogP contribution in [0, 0.1) is 0 Å². The summed E-state index contributed by atoms with van der Waals surface area (Å²) < 4.78 is 5.57. The number of aryl methyl sites for hydroxylation is 1. The van der Waals surface area contributed by atoms with Gasteiger partial charge in [-0.05, 0) is 36.2 Å². The second-order valence-corrected chi connectivity index (χ2v) is 4.99. The highest BCUT2D eigenvalue weighted by Crippen LogP contribution is 2.14. The average Bonchev–Trinajstić information content (AvgIpc) is 2.52. The van der Waals surface area contributed by atoms with Crippen molar-refractivity contribution in [2.24, 2.45) is 0 Å². The van der Waals surface area contributed by atoms with Crippen molar-refractivity contribution in [2.75, 3.05) is 13.2 Å². The van der Waals surface area contributed by atoms with Gasteiger partial charge in [0.2, 0.25) is 0 Å². The zero-order valence-electron chi connectivity index (χ0n) is 11.9. The number of hydrogen-bond donors (Lipinski definition) is 1. The Morgan fingerprint density at radius 1 is 1.14 bits per heavy atom. The Morgan fingerprint density at radius 3 is 2.52 bits per heavy atom. The molecule has 0 aliphatic rings. The summed E-state index contributed by atoms with van der Waals surface area (Å²) in [7, 11) is 0. The number of halogens is 1. The molecule has 0 aromatic heterocycles. The number of nitrogens with one attached hydrogen (secondary N) is 1. The number of carbonyl (C=O) groups excluding carboxylic acids is 1. The summed E-state index contributed by atoms with van der Waals surface area (Å²) in [6, 6.07) is 14.9. The Labute approximate surface area is 129 Å². The second kappa shape index (κ2) is 7.70. The third-order valence-electron chi connectivity index (χ3n) is 3.11. The molecule has 0 saturated heterocycles. The van der Waals surface area contributed by atoms with Gasteiger partial charge in [0.05, 0.1) is 17.1 Å².